The summed E-state index contributed by atoms with van der Waals surface area (Å²) in [5.74, 6) is 1.16. The summed E-state index contributed by atoms with van der Waals surface area (Å²) >= 11 is 1.51. The SMILES string of the molecule is CC1CCC(C)N(S(=O)(=O)CCSc2ccccc2N)C1. The van der Waals surface area contributed by atoms with E-state index in [1.165, 1.54) is 11.8 Å². The minimum atomic E-state index is -3.18. The first-order valence-electron chi connectivity index (χ1n) is 7.37. The third-order valence-electron chi connectivity index (χ3n) is 3.94. The van der Waals surface area contributed by atoms with E-state index in [4.69, 9.17) is 5.73 Å². The van der Waals surface area contributed by atoms with Crippen LogP contribution in [-0.2, 0) is 10.0 Å². The molecule has 1 fully saturated rings. The Hall–Kier alpha value is -0.720. The number of thioether (sulfide) groups is 1. The highest BCUT2D eigenvalue weighted by Crippen LogP contribution is 2.27. The first kappa shape index (κ1) is 16.6. The van der Waals surface area contributed by atoms with Crippen molar-refractivity contribution < 1.29 is 8.42 Å². The van der Waals surface area contributed by atoms with Gasteiger partial charge in [-0.3, -0.25) is 0 Å². The summed E-state index contributed by atoms with van der Waals surface area (Å²) < 4.78 is 26.7. The zero-order valence-corrected chi connectivity index (χ0v) is 14.3. The second-order valence-corrected chi connectivity index (χ2v) is 8.98. The van der Waals surface area contributed by atoms with Crippen LogP contribution in [0.1, 0.15) is 26.7 Å². The zero-order valence-electron chi connectivity index (χ0n) is 12.7. The number of nitrogens with two attached hydrogens (primary N) is 1. The van der Waals surface area contributed by atoms with Crippen molar-refractivity contribution in [3.8, 4) is 0 Å². The van der Waals surface area contributed by atoms with E-state index in [1.54, 1.807) is 4.31 Å². The molecule has 21 heavy (non-hydrogen) atoms. The molecule has 1 aromatic carbocycles. The van der Waals surface area contributed by atoms with Crippen LogP contribution in [0.5, 0.6) is 0 Å². The Morgan fingerprint density at radius 3 is 2.71 bits per heavy atom. The highest BCUT2D eigenvalue weighted by molar-refractivity contribution is 8.00. The van der Waals surface area contributed by atoms with Gasteiger partial charge in [-0.2, -0.15) is 4.31 Å². The average molecular weight is 329 g/mol. The summed E-state index contributed by atoms with van der Waals surface area (Å²) in [5.41, 5.74) is 6.58. The van der Waals surface area contributed by atoms with E-state index >= 15 is 0 Å². The summed E-state index contributed by atoms with van der Waals surface area (Å²) in [6, 6.07) is 7.69. The lowest BCUT2D eigenvalue weighted by Gasteiger charge is -2.35. The molecule has 2 N–H and O–H groups in total. The molecule has 1 aliphatic heterocycles. The van der Waals surface area contributed by atoms with Crippen LogP contribution in [0.3, 0.4) is 0 Å². The van der Waals surface area contributed by atoms with Gasteiger partial charge in [-0.05, 0) is 37.8 Å². The van der Waals surface area contributed by atoms with Gasteiger partial charge in [-0.25, -0.2) is 8.42 Å². The van der Waals surface area contributed by atoms with Gasteiger partial charge in [0.15, 0.2) is 0 Å². The van der Waals surface area contributed by atoms with Gasteiger partial charge in [-0.1, -0.05) is 19.1 Å². The van der Waals surface area contributed by atoms with E-state index in [0.29, 0.717) is 23.9 Å². The molecule has 0 aliphatic carbocycles. The van der Waals surface area contributed by atoms with Crippen LogP contribution in [0, 0.1) is 5.92 Å². The first-order valence-corrected chi connectivity index (χ1v) is 9.96. The summed E-state index contributed by atoms with van der Waals surface area (Å²) in [5, 5.41) is 0. The predicted molar refractivity (Wildman–Crippen MR) is 89.9 cm³/mol. The number of para-hydroxylation sites is 1. The molecule has 118 valence electrons. The van der Waals surface area contributed by atoms with Gasteiger partial charge in [0, 0.05) is 28.9 Å². The first-order chi connectivity index (χ1) is 9.90. The van der Waals surface area contributed by atoms with E-state index in [1.807, 2.05) is 31.2 Å². The van der Waals surface area contributed by atoms with Crippen LogP contribution in [0.25, 0.3) is 0 Å². The summed E-state index contributed by atoms with van der Waals surface area (Å²) in [6.45, 7) is 4.78. The number of nitrogens with zero attached hydrogens (tertiary/aromatic N) is 1. The van der Waals surface area contributed by atoms with Crippen molar-refractivity contribution in [2.24, 2.45) is 5.92 Å². The third-order valence-corrected chi connectivity index (χ3v) is 7.23. The van der Waals surface area contributed by atoms with Gasteiger partial charge in [0.05, 0.1) is 5.75 Å². The molecule has 6 heteroatoms. The normalized spacial score (nSPS) is 24.1. The van der Waals surface area contributed by atoms with E-state index in [0.717, 1.165) is 17.7 Å². The standard InChI is InChI=1S/C15H24N2O2S2/c1-12-7-8-13(2)17(11-12)21(18,19)10-9-20-15-6-4-3-5-14(15)16/h3-6,12-13H,7-11,16H2,1-2H3. The molecule has 1 saturated heterocycles. The Balaban J connectivity index is 1.93. The molecule has 2 unspecified atom stereocenters. The molecule has 1 heterocycles. The fraction of sp³-hybridized carbons (Fsp3) is 0.600. The van der Waals surface area contributed by atoms with Crippen molar-refractivity contribution in [2.75, 3.05) is 23.8 Å². The van der Waals surface area contributed by atoms with E-state index in [2.05, 4.69) is 6.92 Å². The topological polar surface area (TPSA) is 63.4 Å². The van der Waals surface area contributed by atoms with Crippen LogP contribution in [0.2, 0.25) is 0 Å². The molecule has 0 amide bonds. The molecule has 1 aliphatic rings. The second-order valence-electron chi connectivity index (χ2n) is 5.80. The minimum absolute atomic E-state index is 0.123. The lowest BCUT2D eigenvalue weighted by Crippen LogP contribution is -2.46. The predicted octanol–water partition coefficient (Wildman–Crippen LogP) is 2.81. The third kappa shape index (κ3) is 4.37. The zero-order chi connectivity index (χ0) is 15.5. The Morgan fingerprint density at radius 2 is 2.00 bits per heavy atom. The number of piperidine rings is 1. The molecule has 0 spiro atoms. The van der Waals surface area contributed by atoms with Gasteiger partial charge in [0.2, 0.25) is 10.0 Å². The number of anilines is 1. The monoisotopic (exact) mass is 328 g/mol. The molecule has 0 bridgehead atoms. The molecule has 2 atom stereocenters. The molecule has 4 nitrogen and oxygen atoms in total. The van der Waals surface area contributed by atoms with E-state index in [-0.39, 0.29) is 11.8 Å². The number of hydrogen-bond donors (Lipinski definition) is 1. The van der Waals surface area contributed by atoms with Crippen LogP contribution in [0.15, 0.2) is 29.2 Å². The van der Waals surface area contributed by atoms with Gasteiger partial charge < -0.3 is 5.73 Å². The molecule has 0 aromatic heterocycles. The number of sulfonamides is 1. The van der Waals surface area contributed by atoms with Crippen molar-refractivity contribution in [1.29, 1.82) is 0 Å². The molecule has 1 aromatic rings. The summed E-state index contributed by atoms with van der Waals surface area (Å²) in [4.78, 5) is 0.952. The average Bonchev–Trinajstić information content (AvgIpc) is 2.43. The maximum absolute atomic E-state index is 12.5. The van der Waals surface area contributed by atoms with Gasteiger partial charge in [0.1, 0.15) is 0 Å². The quantitative estimate of drug-likeness (QED) is 0.667. The van der Waals surface area contributed by atoms with Crippen molar-refractivity contribution in [3.63, 3.8) is 0 Å². The summed E-state index contributed by atoms with van der Waals surface area (Å²) in [7, 11) is -3.18. The Morgan fingerprint density at radius 1 is 1.29 bits per heavy atom. The molecule has 0 saturated carbocycles. The smallest absolute Gasteiger partial charge is 0.215 e. The van der Waals surface area contributed by atoms with Crippen molar-refractivity contribution in [1.82, 2.24) is 4.31 Å². The van der Waals surface area contributed by atoms with Crippen molar-refractivity contribution >= 4 is 27.5 Å². The van der Waals surface area contributed by atoms with Crippen LogP contribution in [0.4, 0.5) is 5.69 Å². The van der Waals surface area contributed by atoms with Gasteiger partial charge in [0.25, 0.3) is 0 Å². The number of benzene rings is 1. The van der Waals surface area contributed by atoms with Crippen molar-refractivity contribution in [3.05, 3.63) is 24.3 Å². The van der Waals surface area contributed by atoms with Crippen LogP contribution < -0.4 is 5.73 Å². The number of nitrogen functional groups attached to an aromatic ring is 1. The van der Waals surface area contributed by atoms with E-state index in [9.17, 15) is 8.42 Å². The minimum Gasteiger partial charge on any atom is -0.398 e. The van der Waals surface area contributed by atoms with Crippen LogP contribution >= 0.6 is 11.8 Å². The summed E-state index contributed by atoms with van der Waals surface area (Å²) in [6.07, 6.45) is 2.07. The Kier molecular flexibility index (Phi) is 5.57. The molecule has 0 radical (unpaired) electrons. The Labute approximate surface area is 132 Å². The molecule has 2 rings (SSSR count). The maximum Gasteiger partial charge on any atom is 0.215 e. The largest absolute Gasteiger partial charge is 0.398 e. The van der Waals surface area contributed by atoms with Crippen molar-refractivity contribution in [2.45, 2.75) is 37.6 Å². The second kappa shape index (κ2) is 7.03. The highest BCUT2D eigenvalue weighted by Gasteiger charge is 2.31. The van der Waals surface area contributed by atoms with Gasteiger partial charge >= 0.3 is 0 Å². The van der Waals surface area contributed by atoms with Crippen LogP contribution in [-0.4, -0.2) is 36.8 Å². The van der Waals surface area contributed by atoms with Gasteiger partial charge in [-0.15, -0.1) is 11.8 Å². The number of rotatable bonds is 5. The Bertz CT molecular complexity index is 575. The molecular weight excluding hydrogens is 304 g/mol. The molecular formula is C15H24N2O2S2. The number of hydrogen-bond acceptors (Lipinski definition) is 4. The highest BCUT2D eigenvalue weighted by atomic mass is 32.2. The lowest BCUT2D eigenvalue weighted by molar-refractivity contribution is 0.218. The fourth-order valence-electron chi connectivity index (χ4n) is 2.62. The lowest BCUT2D eigenvalue weighted by atomic mass is 9.97. The maximum atomic E-state index is 12.5. The fourth-order valence-corrected chi connectivity index (χ4v) is 5.80. The van der Waals surface area contributed by atoms with E-state index < -0.39 is 10.0 Å².